The minimum absolute atomic E-state index is 0. The number of rotatable bonds is 10. The molecule has 3 N–H and O–H groups in total. The standard InChI is InChI=1S/C23H34ClN3O4S.CH4/c1-32(31)13-12-27(22(29)30)11-10-25-18-6-7-20(24)19(14-18)21(28)26-16-23-8-2-4-17(15-23)5-3-9-23;/h6-7,14,17,25H,2-5,8-13,15-16H2,1H3,(H,26,28)(H,29,30);1H4. The fourth-order valence-corrected chi connectivity index (χ4v) is 5.80. The molecule has 2 saturated carbocycles. The van der Waals surface area contributed by atoms with Gasteiger partial charge >= 0.3 is 6.09 Å². The summed E-state index contributed by atoms with van der Waals surface area (Å²) < 4.78 is 11.2. The van der Waals surface area contributed by atoms with Gasteiger partial charge in [0.1, 0.15) is 0 Å². The number of fused-ring (bicyclic) bond motifs is 2. The van der Waals surface area contributed by atoms with Crippen LogP contribution in [-0.2, 0) is 10.8 Å². The number of nitrogens with one attached hydrogen (secondary N) is 2. The first-order valence-corrected chi connectivity index (χ1v) is 13.5. The zero-order valence-corrected chi connectivity index (χ0v) is 20.3. The second-order valence-corrected chi connectivity index (χ2v) is 11.2. The predicted molar refractivity (Wildman–Crippen MR) is 136 cm³/mol. The Morgan fingerprint density at radius 2 is 1.94 bits per heavy atom. The third-order valence-corrected chi connectivity index (χ3v) is 7.91. The van der Waals surface area contributed by atoms with Gasteiger partial charge in [-0.3, -0.25) is 9.00 Å². The van der Waals surface area contributed by atoms with Crippen LogP contribution in [0.4, 0.5) is 10.5 Å². The maximum absolute atomic E-state index is 12.9. The molecule has 1 unspecified atom stereocenters. The molecule has 9 heteroatoms. The van der Waals surface area contributed by atoms with Gasteiger partial charge in [0.2, 0.25) is 0 Å². The molecule has 0 aliphatic heterocycles. The molecule has 7 nitrogen and oxygen atoms in total. The van der Waals surface area contributed by atoms with Crippen molar-refractivity contribution in [2.45, 2.75) is 52.4 Å². The average Bonchev–Trinajstić information content (AvgIpc) is 2.75. The van der Waals surface area contributed by atoms with Gasteiger partial charge in [-0.2, -0.15) is 0 Å². The van der Waals surface area contributed by atoms with Crippen molar-refractivity contribution in [2.24, 2.45) is 11.3 Å². The first-order valence-electron chi connectivity index (χ1n) is 11.4. The van der Waals surface area contributed by atoms with Crippen LogP contribution in [0.15, 0.2) is 18.2 Å². The zero-order chi connectivity index (χ0) is 23.1. The number of carbonyl (C=O) groups is 2. The smallest absolute Gasteiger partial charge is 0.407 e. The Bertz CT molecular complexity index is 841. The molecule has 2 aliphatic rings. The Morgan fingerprint density at radius 1 is 1.24 bits per heavy atom. The van der Waals surface area contributed by atoms with E-state index in [1.807, 2.05) is 0 Å². The number of carboxylic acid groups (broad SMARTS) is 1. The van der Waals surface area contributed by atoms with Crippen LogP contribution in [0.2, 0.25) is 5.02 Å². The van der Waals surface area contributed by atoms with Crippen LogP contribution in [-0.4, -0.2) is 64.4 Å². The number of carbonyl (C=O) groups excluding carboxylic acids is 1. The van der Waals surface area contributed by atoms with Crippen molar-refractivity contribution in [3.8, 4) is 0 Å². The SMILES string of the molecule is C.CS(=O)CCN(CCNc1ccc(Cl)c(C(=O)NCC23CCCC(CCC2)C3)c1)C(=O)O. The summed E-state index contributed by atoms with van der Waals surface area (Å²) in [6.07, 6.45) is 9.25. The number of anilines is 1. The van der Waals surface area contributed by atoms with Crippen LogP contribution < -0.4 is 10.6 Å². The Kier molecular flexibility index (Phi) is 10.5. The van der Waals surface area contributed by atoms with Gasteiger partial charge in [-0.1, -0.05) is 44.7 Å². The van der Waals surface area contributed by atoms with E-state index in [0.29, 0.717) is 35.1 Å². The molecule has 3 rings (SSSR count). The van der Waals surface area contributed by atoms with Crippen LogP contribution in [0.1, 0.15) is 62.7 Å². The average molecular weight is 500 g/mol. The summed E-state index contributed by atoms with van der Waals surface area (Å²) in [6.45, 7) is 1.54. The zero-order valence-electron chi connectivity index (χ0n) is 18.7. The summed E-state index contributed by atoms with van der Waals surface area (Å²) in [5, 5.41) is 16.0. The number of hydrogen-bond donors (Lipinski definition) is 3. The van der Waals surface area contributed by atoms with E-state index in [1.165, 1.54) is 49.8 Å². The molecule has 0 aromatic heterocycles. The number of nitrogens with zero attached hydrogens (tertiary/aromatic N) is 1. The van der Waals surface area contributed by atoms with Gasteiger partial charge in [-0.15, -0.1) is 0 Å². The first kappa shape index (κ1) is 27.4. The monoisotopic (exact) mass is 499 g/mol. The number of halogens is 1. The summed E-state index contributed by atoms with van der Waals surface area (Å²) in [7, 11) is -1.05. The molecule has 1 atom stereocenters. The van der Waals surface area contributed by atoms with Crippen molar-refractivity contribution in [2.75, 3.05) is 43.5 Å². The van der Waals surface area contributed by atoms with Gasteiger partial charge < -0.3 is 20.6 Å². The summed E-state index contributed by atoms with van der Waals surface area (Å²) in [5.41, 5.74) is 1.37. The second-order valence-electron chi connectivity index (χ2n) is 9.21. The molecule has 1 aromatic carbocycles. The topological polar surface area (TPSA) is 98.7 Å². The van der Waals surface area contributed by atoms with E-state index in [1.54, 1.807) is 24.5 Å². The van der Waals surface area contributed by atoms with Gasteiger partial charge in [-0.25, -0.2) is 4.79 Å². The highest BCUT2D eigenvalue weighted by molar-refractivity contribution is 7.84. The van der Waals surface area contributed by atoms with Crippen LogP contribution >= 0.6 is 11.6 Å². The maximum atomic E-state index is 12.9. The van der Waals surface area contributed by atoms with Crippen molar-refractivity contribution in [3.05, 3.63) is 28.8 Å². The van der Waals surface area contributed by atoms with Crippen LogP contribution in [0.25, 0.3) is 0 Å². The molecule has 0 spiro atoms. The molecule has 0 saturated heterocycles. The highest BCUT2D eigenvalue weighted by atomic mass is 35.5. The lowest BCUT2D eigenvalue weighted by Gasteiger charge is -2.45. The molecule has 0 radical (unpaired) electrons. The third-order valence-electron chi connectivity index (χ3n) is 6.83. The Morgan fingerprint density at radius 3 is 2.58 bits per heavy atom. The first-order chi connectivity index (χ1) is 15.3. The van der Waals surface area contributed by atoms with E-state index in [2.05, 4.69) is 10.6 Å². The van der Waals surface area contributed by atoms with E-state index in [4.69, 9.17) is 11.6 Å². The van der Waals surface area contributed by atoms with Crippen LogP contribution in [0, 0.1) is 11.3 Å². The summed E-state index contributed by atoms with van der Waals surface area (Å²) in [5.74, 6) is 0.950. The van der Waals surface area contributed by atoms with Crippen molar-refractivity contribution in [1.29, 1.82) is 0 Å². The molecule has 1 aromatic rings. The van der Waals surface area contributed by atoms with Crippen molar-refractivity contribution >= 4 is 40.1 Å². The molecule has 2 bridgehead atoms. The summed E-state index contributed by atoms with van der Waals surface area (Å²) in [6, 6.07) is 5.17. The molecule has 0 heterocycles. The van der Waals surface area contributed by atoms with Gasteiger partial charge in [0.15, 0.2) is 0 Å². The van der Waals surface area contributed by atoms with E-state index < -0.39 is 16.9 Å². The molecule has 33 heavy (non-hydrogen) atoms. The van der Waals surface area contributed by atoms with E-state index in [0.717, 1.165) is 5.92 Å². The van der Waals surface area contributed by atoms with Crippen molar-refractivity contribution in [3.63, 3.8) is 0 Å². The highest BCUT2D eigenvalue weighted by Gasteiger charge is 2.39. The lowest BCUT2D eigenvalue weighted by atomic mass is 9.62. The fraction of sp³-hybridized carbons (Fsp3) is 0.667. The van der Waals surface area contributed by atoms with Gasteiger partial charge in [0, 0.05) is 54.7 Å². The minimum atomic E-state index is -1.05. The number of benzene rings is 1. The minimum Gasteiger partial charge on any atom is -0.465 e. The lowest BCUT2D eigenvalue weighted by Crippen LogP contribution is -2.43. The third kappa shape index (κ3) is 7.88. The van der Waals surface area contributed by atoms with E-state index in [9.17, 15) is 18.9 Å². The Balaban J connectivity index is 0.00000385. The van der Waals surface area contributed by atoms with Gasteiger partial charge in [0.25, 0.3) is 5.91 Å². The van der Waals surface area contributed by atoms with Crippen molar-refractivity contribution < 1.29 is 18.9 Å². The van der Waals surface area contributed by atoms with E-state index >= 15 is 0 Å². The predicted octanol–water partition coefficient (Wildman–Crippen LogP) is 4.84. The molecule has 2 fully saturated rings. The van der Waals surface area contributed by atoms with Gasteiger partial charge in [-0.05, 0) is 48.8 Å². The fourth-order valence-electron chi connectivity index (χ4n) is 5.12. The number of amides is 2. The number of hydrogen-bond acceptors (Lipinski definition) is 4. The molecule has 2 aliphatic carbocycles. The van der Waals surface area contributed by atoms with Crippen LogP contribution in [0.3, 0.4) is 0 Å². The van der Waals surface area contributed by atoms with Gasteiger partial charge in [0.05, 0.1) is 10.6 Å². The quantitative estimate of drug-likeness (QED) is 0.428. The molecule has 186 valence electrons. The lowest BCUT2D eigenvalue weighted by molar-refractivity contribution is 0.0682. The highest BCUT2D eigenvalue weighted by Crippen LogP contribution is 2.48. The summed E-state index contributed by atoms with van der Waals surface area (Å²) >= 11 is 6.31. The largest absolute Gasteiger partial charge is 0.465 e. The molecule has 2 amide bonds. The summed E-state index contributed by atoms with van der Waals surface area (Å²) in [4.78, 5) is 25.5. The molecular weight excluding hydrogens is 462 g/mol. The normalized spacial score (nSPS) is 22.5. The van der Waals surface area contributed by atoms with Crippen molar-refractivity contribution in [1.82, 2.24) is 10.2 Å². The Hall–Kier alpha value is -1.80. The van der Waals surface area contributed by atoms with E-state index in [-0.39, 0.29) is 31.8 Å². The molecular formula is C24H38ClN3O4S. The Labute approximate surface area is 205 Å². The maximum Gasteiger partial charge on any atom is 0.407 e. The van der Waals surface area contributed by atoms with Crippen LogP contribution in [0.5, 0.6) is 0 Å². The second kappa shape index (κ2) is 12.6.